The summed E-state index contributed by atoms with van der Waals surface area (Å²) in [6, 6.07) is 1.41. The Hall–Kier alpha value is -2.15. The molecule has 0 saturated heterocycles. The van der Waals surface area contributed by atoms with Crippen molar-refractivity contribution in [3.8, 4) is 0 Å². The van der Waals surface area contributed by atoms with Crippen LogP contribution in [0.4, 0.5) is 4.79 Å². The molecule has 0 radical (unpaired) electrons. The lowest BCUT2D eigenvalue weighted by atomic mass is 10.2. The number of methoxy groups -OCH3 is 1. The Balaban J connectivity index is 2.57. The number of pyridine rings is 1. The highest BCUT2D eigenvalue weighted by molar-refractivity contribution is 5.80. The predicted molar refractivity (Wildman–Crippen MR) is 72.3 cm³/mol. The van der Waals surface area contributed by atoms with Crippen molar-refractivity contribution in [1.29, 1.82) is 0 Å². The van der Waals surface area contributed by atoms with Crippen LogP contribution in [-0.4, -0.2) is 53.8 Å². The predicted octanol–water partition coefficient (Wildman–Crippen LogP) is 0.633. The number of aliphatic carboxylic acids is 1. The van der Waals surface area contributed by atoms with Crippen LogP contribution in [0.3, 0.4) is 0 Å². The molecule has 7 nitrogen and oxygen atoms in total. The fourth-order valence-electron chi connectivity index (χ4n) is 1.58. The van der Waals surface area contributed by atoms with Gasteiger partial charge in [-0.3, -0.25) is 9.78 Å². The Morgan fingerprint density at radius 3 is 2.85 bits per heavy atom. The smallest absolute Gasteiger partial charge is 0.323 e. The number of rotatable bonds is 7. The Kier molecular flexibility index (Phi) is 6.45. The van der Waals surface area contributed by atoms with Crippen molar-refractivity contribution < 1.29 is 19.4 Å². The molecule has 0 atom stereocenters. The molecule has 0 unspecified atom stereocenters. The maximum atomic E-state index is 11.9. The molecular formula is C13H19N3O4. The minimum Gasteiger partial charge on any atom is -0.480 e. The summed E-state index contributed by atoms with van der Waals surface area (Å²) >= 11 is 0. The summed E-state index contributed by atoms with van der Waals surface area (Å²) in [7, 11) is 1.50. The summed E-state index contributed by atoms with van der Waals surface area (Å²) in [6.45, 7) is 2.37. The number of aromatic nitrogens is 1. The van der Waals surface area contributed by atoms with E-state index in [1.165, 1.54) is 12.0 Å². The van der Waals surface area contributed by atoms with E-state index in [0.29, 0.717) is 6.54 Å². The second-order valence-corrected chi connectivity index (χ2v) is 4.27. The first-order valence-corrected chi connectivity index (χ1v) is 6.17. The number of carboxylic acids is 1. The lowest BCUT2D eigenvalue weighted by Gasteiger charge is -2.21. The maximum Gasteiger partial charge on any atom is 0.323 e. The molecule has 110 valence electrons. The van der Waals surface area contributed by atoms with Gasteiger partial charge in [0, 0.05) is 32.6 Å². The summed E-state index contributed by atoms with van der Waals surface area (Å²) < 4.78 is 4.86. The largest absolute Gasteiger partial charge is 0.480 e. The van der Waals surface area contributed by atoms with Crippen molar-refractivity contribution in [1.82, 2.24) is 15.2 Å². The topological polar surface area (TPSA) is 91.8 Å². The molecule has 0 saturated carbocycles. The monoisotopic (exact) mass is 281 g/mol. The molecule has 0 aliphatic rings. The number of hydrogen-bond acceptors (Lipinski definition) is 4. The third-order valence-corrected chi connectivity index (χ3v) is 2.76. The fourth-order valence-corrected chi connectivity index (χ4v) is 1.58. The number of amides is 2. The zero-order valence-corrected chi connectivity index (χ0v) is 11.6. The molecule has 7 heteroatoms. The molecule has 0 aromatic carbocycles. The van der Waals surface area contributed by atoms with Crippen LogP contribution in [-0.2, 0) is 16.1 Å². The first-order chi connectivity index (χ1) is 9.54. The van der Waals surface area contributed by atoms with Crippen molar-refractivity contribution in [2.24, 2.45) is 0 Å². The van der Waals surface area contributed by atoms with Crippen molar-refractivity contribution in [2.75, 3.05) is 26.8 Å². The molecule has 1 heterocycles. The number of hydrogen-bond donors (Lipinski definition) is 2. The van der Waals surface area contributed by atoms with Crippen LogP contribution in [0.5, 0.6) is 0 Å². The molecule has 0 aliphatic heterocycles. The molecule has 2 N–H and O–H groups in total. The van der Waals surface area contributed by atoms with Crippen LogP contribution < -0.4 is 5.32 Å². The number of nitrogens with one attached hydrogen (secondary N) is 1. The van der Waals surface area contributed by atoms with Gasteiger partial charge in [-0.2, -0.15) is 0 Å². The first kappa shape index (κ1) is 15.9. The zero-order valence-electron chi connectivity index (χ0n) is 11.6. The Labute approximate surface area is 117 Å². The minimum absolute atomic E-state index is 0.223. The average molecular weight is 281 g/mol. The van der Waals surface area contributed by atoms with Crippen molar-refractivity contribution in [2.45, 2.75) is 13.5 Å². The van der Waals surface area contributed by atoms with Gasteiger partial charge in [-0.25, -0.2) is 4.79 Å². The van der Waals surface area contributed by atoms with Crippen LogP contribution in [0.15, 0.2) is 18.5 Å². The van der Waals surface area contributed by atoms with E-state index in [2.05, 4.69) is 10.3 Å². The van der Waals surface area contributed by atoms with E-state index in [1.807, 2.05) is 13.0 Å². The van der Waals surface area contributed by atoms with Gasteiger partial charge in [-0.05, 0) is 24.1 Å². The van der Waals surface area contributed by atoms with Gasteiger partial charge in [0.1, 0.15) is 6.54 Å². The van der Waals surface area contributed by atoms with Crippen molar-refractivity contribution in [3.63, 3.8) is 0 Å². The summed E-state index contributed by atoms with van der Waals surface area (Å²) in [4.78, 5) is 27.9. The summed E-state index contributed by atoms with van der Waals surface area (Å²) in [6.07, 6.45) is 3.35. The van der Waals surface area contributed by atoms with E-state index in [1.54, 1.807) is 12.4 Å². The van der Waals surface area contributed by atoms with Crippen LogP contribution >= 0.6 is 0 Å². The third-order valence-electron chi connectivity index (χ3n) is 2.76. The molecule has 2 amide bonds. The molecule has 20 heavy (non-hydrogen) atoms. The molecule has 1 aromatic rings. The molecule has 1 aromatic heterocycles. The van der Waals surface area contributed by atoms with Gasteiger partial charge in [0.05, 0.1) is 6.61 Å². The zero-order chi connectivity index (χ0) is 15.0. The number of nitrogens with zero attached hydrogens (tertiary/aromatic N) is 2. The quantitative estimate of drug-likeness (QED) is 0.765. The van der Waals surface area contributed by atoms with E-state index < -0.39 is 12.0 Å². The van der Waals surface area contributed by atoms with Gasteiger partial charge >= 0.3 is 12.0 Å². The molecule has 0 fully saturated rings. The second kappa shape index (κ2) is 8.11. The average Bonchev–Trinajstić information content (AvgIpc) is 2.41. The second-order valence-electron chi connectivity index (χ2n) is 4.27. The van der Waals surface area contributed by atoms with E-state index in [0.717, 1.165) is 11.1 Å². The van der Waals surface area contributed by atoms with Gasteiger partial charge in [0.25, 0.3) is 0 Å². The van der Waals surface area contributed by atoms with Gasteiger partial charge in [-0.15, -0.1) is 0 Å². The van der Waals surface area contributed by atoms with Gasteiger partial charge in [0.2, 0.25) is 0 Å². The number of aryl methyl sites for hydroxylation is 1. The number of carbonyl (C=O) groups excluding carboxylic acids is 1. The normalized spacial score (nSPS) is 10.1. The molecule has 0 aliphatic carbocycles. The van der Waals surface area contributed by atoms with Crippen LogP contribution in [0.1, 0.15) is 11.1 Å². The van der Waals surface area contributed by atoms with Crippen LogP contribution in [0.25, 0.3) is 0 Å². The lowest BCUT2D eigenvalue weighted by molar-refractivity contribution is -0.137. The highest BCUT2D eigenvalue weighted by Gasteiger charge is 2.16. The minimum atomic E-state index is -1.06. The molecular weight excluding hydrogens is 262 g/mol. The van der Waals surface area contributed by atoms with Crippen LogP contribution in [0.2, 0.25) is 0 Å². The van der Waals surface area contributed by atoms with Crippen molar-refractivity contribution in [3.05, 3.63) is 29.6 Å². The highest BCUT2D eigenvalue weighted by atomic mass is 16.5. The Bertz CT molecular complexity index is 465. The summed E-state index contributed by atoms with van der Waals surface area (Å²) in [5, 5.41) is 11.5. The SMILES string of the molecule is COCCN(CC(=O)O)C(=O)NCc1cnccc1C. The number of carbonyl (C=O) groups is 2. The van der Waals surface area contributed by atoms with Crippen LogP contribution in [0, 0.1) is 6.92 Å². The number of carboxylic acid groups (broad SMARTS) is 1. The summed E-state index contributed by atoms with van der Waals surface area (Å²) in [5.41, 5.74) is 1.91. The standard InChI is InChI=1S/C13H19N3O4/c1-10-3-4-14-7-11(10)8-15-13(19)16(5-6-20-2)9-12(17)18/h3-4,7H,5-6,8-9H2,1-2H3,(H,15,19)(H,17,18). The Morgan fingerprint density at radius 1 is 1.50 bits per heavy atom. The van der Waals surface area contributed by atoms with E-state index >= 15 is 0 Å². The van der Waals surface area contributed by atoms with Gasteiger partial charge in [-0.1, -0.05) is 0 Å². The summed E-state index contributed by atoms with van der Waals surface area (Å²) in [5.74, 6) is -1.06. The lowest BCUT2D eigenvalue weighted by Crippen LogP contribution is -2.44. The van der Waals surface area contributed by atoms with Gasteiger partial charge in [0.15, 0.2) is 0 Å². The molecule has 0 bridgehead atoms. The van der Waals surface area contributed by atoms with E-state index in [4.69, 9.17) is 9.84 Å². The number of urea groups is 1. The van der Waals surface area contributed by atoms with Gasteiger partial charge < -0.3 is 20.1 Å². The van der Waals surface area contributed by atoms with E-state index in [9.17, 15) is 9.59 Å². The van der Waals surface area contributed by atoms with E-state index in [-0.39, 0.29) is 19.7 Å². The fraction of sp³-hybridized carbons (Fsp3) is 0.462. The molecule has 1 rings (SSSR count). The number of ether oxygens (including phenoxy) is 1. The Morgan fingerprint density at radius 2 is 2.25 bits per heavy atom. The molecule has 0 spiro atoms. The maximum absolute atomic E-state index is 11.9. The first-order valence-electron chi connectivity index (χ1n) is 6.17. The highest BCUT2D eigenvalue weighted by Crippen LogP contribution is 2.04. The third kappa shape index (κ3) is 5.23. The van der Waals surface area contributed by atoms with Crippen molar-refractivity contribution >= 4 is 12.0 Å².